The lowest BCUT2D eigenvalue weighted by Gasteiger charge is -2.15. The number of anilines is 1. The molecule has 158 valence electrons. The van der Waals surface area contributed by atoms with Crippen molar-refractivity contribution in [1.29, 1.82) is 0 Å². The van der Waals surface area contributed by atoms with Crippen molar-refractivity contribution in [2.75, 3.05) is 11.9 Å². The highest BCUT2D eigenvalue weighted by molar-refractivity contribution is 5.85. The summed E-state index contributed by atoms with van der Waals surface area (Å²) in [6, 6.07) is 20.2. The van der Waals surface area contributed by atoms with E-state index in [9.17, 15) is 4.39 Å². The van der Waals surface area contributed by atoms with Gasteiger partial charge in [0, 0.05) is 42.3 Å². The number of halogens is 2. The fourth-order valence-electron chi connectivity index (χ4n) is 3.28. The van der Waals surface area contributed by atoms with Crippen molar-refractivity contribution >= 4 is 18.4 Å². The maximum absolute atomic E-state index is 13.8. The summed E-state index contributed by atoms with van der Waals surface area (Å²) >= 11 is 0. The number of benzene rings is 2. The van der Waals surface area contributed by atoms with Crippen LogP contribution in [0.4, 0.5) is 10.3 Å². The average Bonchev–Trinajstić information content (AvgIpc) is 2.79. The molecule has 31 heavy (non-hydrogen) atoms. The van der Waals surface area contributed by atoms with Crippen LogP contribution in [-0.2, 0) is 6.42 Å². The van der Waals surface area contributed by atoms with E-state index in [1.807, 2.05) is 36.4 Å². The number of hydrogen-bond donors (Lipinski definition) is 2. The van der Waals surface area contributed by atoms with Crippen LogP contribution in [0.2, 0.25) is 0 Å². The van der Waals surface area contributed by atoms with Crippen molar-refractivity contribution in [1.82, 2.24) is 15.0 Å². The fraction of sp³-hybridized carbons (Fsp3) is 0.125. The molecule has 0 unspecified atom stereocenters. The number of nitrogens with two attached hydrogens (primary N) is 1. The van der Waals surface area contributed by atoms with Gasteiger partial charge >= 0.3 is 0 Å². The standard InChI is InChI=1S/C24H22FN5.ClH/c25-20-8-4-7-19(14-20)22-16-29-24(30-23(22)18-9-11-27-12-10-18)28-15-21(26)13-17-5-2-1-3-6-17;/h1-12,14,16,21H,13,15,26H2,(H,28,29,30);1H/t21-;/m0./s1. The Morgan fingerprint density at radius 2 is 1.71 bits per heavy atom. The van der Waals surface area contributed by atoms with Crippen molar-refractivity contribution in [3.63, 3.8) is 0 Å². The van der Waals surface area contributed by atoms with Crippen molar-refractivity contribution in [3.8, 4) is 22.4 Å². The summed E-state index contributed by atoms with van der Waals surface area (Å²) in [7, 11) is 0. The minimum Gasteiger partial charge on any atom is -0.353 e. The lowest BCUT2D eigenvalue weighted by Crippen LogP contribution is -2.31. The van der Waals surface area contributed by atoms with Gasteiger partial charge in [-0.2, -0.15) is 0 Å². The summed E-state index contributed by atoms with van der Waals surface area (Å²) in [6.45, 7) is 0.532. The largest absolute Gasteiger partial charge is 0.353 e. The number of pyridine rings is 1. The van der Waals surface area contributed by atoms with Gasteiger partial charge in [-0.05, 0) is 41.8 Å². The van der Waals surface area contributed by atoms with E-state index in [1.54, 1.807) is 24.7 Å². The monoisotopic (exact) mass is 435 g/mol. The van der Waals surface area contributed by atoms with Crippen molar-refractivity contribution < 1.29 is 4.39 Å². The van der Waals surface area contributed by atoms with E-state index < -0.39 is 0 Å². The Kier molecular flexibility index (Phi) is 7.65. The molecule has 2 aromatic carbocycles. The number of hydrogen-bond acceptors (Lipinski definition) is 5. The van der Waals surface area contributed by atoms with Gasteiger partial charge in [0.2, 0.25) is 5.95 Å². The topological polar surface area (TPSA) is 76.7 Å². The predicted molar refractivity (Wildman–Crippen MR) is 125 cm³/mol. The number of rotatable bonds is 7. The van der Waals surface area contributed by atoms with Crippen LogP contribution in [0, 0.1) is 5.82 Å². The second kappa shape index (κ2) is 10.6. The first-order valence-electron chi connectivity index (χ1n) is 9.76. The third-order valence-electron chi connectivity index (χ3n) is 4.74. The molecule has 2 heterocycles. The summed E-state index contributed by atoms with van der Waals surface area (Å²) in [4.78, 5) is 13.2. The predicted octanol–water partition coefficient (Wildman–Crippen LogP) is 4.75. The first kappa shape index (κ1) is 22.3. The quantitative estimate of drug-likeness (QED) is 0.438. The van der Waals surface area contributed by atoms with Crippen molar-refractivity contribution in [2.45, 2.75) is 12.5 Å². The fourth-order valence-corrected chi connectivity index (χ4v) is 3.28. The Labute approximate surface area is 187 Å². The van der Waals surface area contributed by atoms with Crippen LogP contribution in [-0.4, -0.2) is 27.5 Å². The van der Waals surface area contributed by atoms with E-state index in [2.05, 4.69) is 27.4 Å². The van der Waals surface area contributed by atoms with Crippen molar-refractivity contribution in [2.24, 2.45) is 5.73 Å². The Bertz CT molecular complexity index is 1110. The molecule has 0 aliphatic carbocycles. The number of nitrogens with one attached hydrogen (secondary N) is 1. The summed E-state index contributed by atoms with van der Waals surface area (Å²) in [6.07, 6.45) is 5.88. The Morgan fingerprint density at radius 3 is 2.45 bits per heavy atom. The minimum absolute atomic E-state index is 0. The smallest absolute Gasteiger partial charge is 0.223 e. The second-order valence-electron chi connectivity index (χ2n) is 7.03. The Morgan fingerprint density at radius 1 is 0.935 bits per heavy atom. The van der Waals surface area contributed by atoms with Gasteiger partial charge < -0.3 is 11.1 Å². The van der Waals surface area contributed by atoms with E-state index in [0.29, 0.717) is 23.8 Å². The van der Waals surface area contributed by atoms with Gasteiger partial charge in [-0.3, -0.25) is 4.98 Å². The third-order valence-corrected chi connectivity index (χ3v) is 4.74. The van der Waals surface area contributed by atoms with Crippen LogP contribution in [0.25, 0.3) is 22.4 Å². The van der Waals surface area contributed by atoms with Crippen molar-refractivity contribution in [3.05, 3.63) is 96.7 Å². The molecule has 7 heteroatoms. The normalized spacial score (nSPS) is 11.4. The molecule has 0 saturated heterocycles. The van der Waals surface area contributed by atoms with E-state index in [1.165, 1.54) is 17.7 Å². The maximum atomic E-state index is 13.8. The molecule has 5 nitrogen and oxygen atoms in total. The molecule has 0 bridgehead atoms. The molecule has 0 spiro atoms. The van der Waals surface area contributed by atoms with E-state index in [-0.39, 0.29) is 24.3 Å². The average molecular weight is 436 g/mol. The minimum atomic E-state index is -0.303. The molecule has 0 aliphatic heterocycles. The van der Waals surface area contributed by atoms with E-state index in [0.717, 1.165) is 17.5 Å². The zero-order chi connectivity index (χ0) is 20.8. The van der Waals surface area contributed by atoms with Crippen LogP contribution >= 0.6 is 12.4 Å². The van der Waals surface area contributed by atoms with Gasteiger partial charge in [0.1, 0.15) is 5.82 Å². The van der Waals surface area contributed by atoms with Crippen LogP contribution in [0.3, 0.4) is 0 Å². The summed E-state index contributed by atoms with van der Waals surface area (Å²) in [5.74, 6) is 0.174. The molecular weight excluding hydrogens is 413 g/mol. The molecule has 1 atom stereocenters. The molecule has 0 aliphatic rings. The molecule has 4 aromatic rings. The first-order chi connectivity index (χ1) is 14.7. The van der Waals surface area contributed by atoms with E-state index >= 15 is 0 Å². The lowest BCUT2D eigenvalue weighted by atomic mass is 10.0. The van der Waals surface area contributed by atoms with Gasteiger partial charge in [0.25, 0.3) is 0 Å². The van der Waals surface area contributed by atoms with Gasteiger partial charge in [-0.1, -0.05) is 42.5 Å². The van der Waals surface area contributed by atoms with Gasteiger partial charge in [-0.15, -0.1) is 12.4 Å². The highest BCUT2D eigenvalue weighted by atomic mass is 35.5. The maximum Gasteiger partial charge on any atom is 0.223 e. The molecule has 0 amide bonds. The highest BCUT2D eigenvalue weighted by Crippen LogP contribution is 2.30. The molecule has 0 fully saturated rings. The zero-order valence-corrected chi connectivity index (χ0v) is 17.6. The van der Waals surface area contributed by atoms with Crippen LogP contribution < -0.4 is 11.1 Å². The molecule has 3 N–H and O–H groups in total. The summed E-state index contributed by atoms with van der Waals surface area (Å²) in [5, 5.41) is 3.23. The molecule has 0 saturated carbocycles. The van der Waals surface area contributed by atoms with Crippen LogP contribution in [0.15, 0.2) is 85.3 Å². The summed E-state index contributed by atoms with van der Waals surface area (Å²) < 4.78 is 13.8. The Hall–Kier alpha value is -3.35. The lowest BCUT2D eigenvalue weighted by molar-refractivity contribution is 0.628. The van der Waals surface area contributed by atoms with E-state index in [4.69, 9.17) is 10.7 Å². The Balaban J connectivity index is 0.00000272. The molecular formula is C24H23ClFN5. The SMILES string of the molecule is Cl.N[C@H](CNc1ncc(-c2cccc(F)c2)c(-c2ccncc2)n1)Cc1ccccc1. The van der Waals surface area contributed by atoms with Gasteiger partial charge in [0.05, 0.1) is 5.69 Å². The van der Waals surface area contributed by atoms with Crippen LogP contribution in [0.1, 0.15) is 5.56 Å². The molecule has 4 rings (SSSR count). The number of aromatic nitrogens is 3. The third kappa shape index (κ3) is 5.84. The summed E-state index contributed by atoms with van der Waals surface area (Å²) in [5.41, 5.74) is 10.5. The number of nitrogens with zero attached hydrogens (tertiary/aromatic N) is 3. The molecule has 2 aromatic heterocycles. The highest BCUT2D eigenvalue weighted by Gasteiger charge is 2.13. The molecule has 0 radical (unpaired) electrons. The van der Waals surface area contributed by atoms with Gasteiger partial charge in [-0.25, -0.2) is 14.4 Å². The zero-order valence-electron chi connectivity index (χ0n) is 16.8. The first-order valence-corrected chi connectivity index (χ1v) is 9.76. The van der Waals surface area contributed by atoms with Gasteiger partial charge in [0.15, 0.2) is 0 Å². The second-order valence-corrected chi connectivity index (χ2v) is 7.03. The van der Waals surface area contributed by atoms with Crippen LogP contribution in [0.5, 0.6) is 0 Å².